The predicted octanol–water partition coefficient (Wildman–Crippen LogP) is 5.69. The maximum absolute atomic E-state index is 4.79. The van der Waals surface area contributed by atoms with Crippen molar-refractivity contribution in [3.63, 3.8) is 0 Å². The first-order valence-corrected chi connectivity index (χ1v) is 10.7. The first-order chi connectivity index (χ1) is 15.3. The molecule has 31 heavy (non-hydrogen) atoms. The Morgan fingerprint density at radius 2 is 1.48 bits per heavy atom. The highest BCUT2D eigenvalue weighted by Gasteiger charge is 2.27. The van der Waals surface area contributed by atoms with Gasteiger partial charge < -0.3 is 4.90 Å². The molecule has 0 unspecified atom stereocenters. The van der Waals surface area contributed by atoms with Crippen molar-refractivity contribution in [3.05, 3.63) is 96.1 Å². The topological polar surface area (TPSA) is 55.6 Å². The number of rotatable bonds is 7. The molecule has 0 aromatic heterocycles. The van der Waals surface area contributed by atoms with E-state index >= 15 is 0 Å². The van der Waals surface area contributed by atoms with Gasteiger partial charge in [-0.1, -0.05) is 60.7 Å². The summed E-state index contributed by atoms with van der Waals surface area (Å²) in [5.41, 5.74) is 7.63. The van der Waals surface area contributed by atoms with Crippen molar-refractivity contribution in [2.75, 3.05) is 18.0 Å². The highest BCUT2D eigenvalue weighted by Crippen LogP contribution is 2.27. The first kappa shape index (κ1) is 20.8. The summed E-state index contributed by atoms with van der Waals surface area (Å²) in [6.45, 7) is 6.99. The second-order valence-electron chi connectivity index (χ2n) is 7.35. The Balaban J connectivity index is 1.51. The molecule has 0 saturated heterocycles. The lowest BCUT2D eigenvalue weighted by Gasteiger charge is -2.23. The summed E-state index contributed by atoms with van der Waals surface area (Å²) in [7, 11) is 0. The molecule has 1 N–H and O–H groups in total. The van der Waals surface area contributed by atoms with Gasteiger partial charge in [0.1, 0.15) is 6.17 Å². The molecule has 158 valence electrons. The maximum Gasteiger partial charge on any atom is 0.254 e. The van der Waals surface area contributed by atoms with Gasteiger partial charge >= 0.3 is 0 Å². The number of benzene rings is 3. The van der Waals surface area contributed by atoms with Crippen molar-refractivity contribution in [1.29, 1.82) is 0 Å². The largest absolute Gasteiger partial charge is 0.372 e. The monoisotopic (exact) mass is 412 g/mol. The Morgan fingerprint density at radius 1 is 0.839 bits per heavy atom. The summed E-state index contributed by atoms with van der Waals surface area (Å²) in [6, 6.07) is 28.7. The van der Waals surface area contributed by atoms with Crippen LogP contribution < -0.4 is 10.3 Å². The molecule has 0 fully saturated rings. The molecule has 4 rings (SSSR count). The lowest BCUT2D eigenvalue weighted by atomic mass is 10.1. The van der Waals surface area contributed by atoms with Gasteiger partial charge in [-0.2, -0.15) is 5.01 Å². The van der Waals surface area contributed by atoms with Crippen LogP contribution in [-0.4, -0.2) is 24.1 Å². The van der Waals surface area contributed by atoms with E-state index in [1.54, 1.807) is 0 Å². The number of aliphatic imine (C=N–C) groups is 1. The molecule has 0 amide bonds. The second-order valence-corrected chi connectivity index (χ2v) is 7.35. The van der Waals surface area contributed by atoms with E-state index in [-0.39, 0.29) is 6.17 Å². The van der Waals surface area contributed by atoms with Crippen LogP contribution >= 0.6 is 0 Å². The molecule has 6 nitrogen and oxygen atoms in total. The molecule has 1 aliphatic heterocycles. The molecule has 1 aliphatic rings. The molecule has 6 heteroatoms. The molecule has 0 radical (unpaired) electrons. The summed E-state index contributed by atoms with van der Waals surface area (Å²) < 4.78 is 0. The van der Waals surface area contributed by atoms with E-state index in [0.29, 0.717) is 12.5 Å². The van der Waals surface area contributed by atoms with E-state index in [0.717, 1.165) is 24.3 Å². The first-order valence-electron chi connectivity index (χ1n) is 10.7. The van der Waals surface area contributed by atoms with E-state index in [9.17, 15) is 0 Å². The third-order valence-electron chi connectivity index (χ3n) is 5.32. The summed E-state index contributed by atoms with van der Waals surface area (Å²) in [5, 5.41) is 10.9. The van der Waals surface area contributed by atoms with Crippen LogP contribution in [0.4, 0.5) is 11.4 Å². The second kappa shape index (κ2) is 10.00. The minimum absolute atomic E-state index is 0.152. The smallest absolute Gasteiger partial charge is 0.254 e. The Hall–Kier alpha value is -3.51. The summed E-state index contributed by atoms with van der Waals surface area (Å²) in [5.74, 6) is 0.512. The van der Waals surface area contributed by atoms with Gasteiger partial charge in [0, 0.05) is 25.3 Å². The number of azo groups is 1. The highest BCUT2D eigenvalue weighted by atomic mass is 15.6. The average Bonchev–Trinajstić information content (AvgIpc) is 3.23. The zero-order chi connectivity index (χ0) is 21.5. The van der Waals surface area contributed by atoms with E-state index in [2.05, 4.69) is 75.8 Å². The molecule has 0 spiro atoms. The van der Waals surface area contributed by atoms with Gasteiger partial charge in [-0.15, -0.1) is 10.2 Å². The normalized spacial score (nSPS) is 16.3. The molecule has 3 aromatic rings. The fourth-order valence-electron chi connectivity index (χ4n) is 3.66. The minimum Gasteiger partial charge on any atom is -0.372 e. The Bertz CT molecular complexity index is 1010. The average molecular weight is 413 g/mol. The van der Waals surface area contributed by atoms with Crippen molar-refractivity contribution in [2.45, 2.75) is 26.6 Å². The van der Waals surface area contributed by atoms with Gasteiger partial charge in [0.05, 0.1) is 5.69 Å². The van der Waals surface area contributed by atoms with E-state index in [1.165, 1.54) is 11.3 Å². The van der Waals surface area contributed by atoms with Gasteiger partial charge in [-0.3, -0.25) is 5.43 Å². The number of hydrazine groups is 1. The molecule has 1 heterocycles. The van der Waals surface area contributed by atoms with Crippen LogP contribution in [0.3, 0.4) is 0 Å². The van der Waals surface area contributed by atoms with Gasteiger partial charge in [0.2, 0.25) is 0 Å². The lowest BCUT2D eigenvalue weighted by Crippen LogP contribution is -2.36. The fourth-order valence-corrected chi connectivity index (χ4v) is 3.66. The zero-order valence-corrected chi connectivity index (χ0v) is 18.0. The molecule has 0 bridgehead atoms. The van der Waals surface area contributed by atoms with Crippen molar-refractivity contribution in [1.82, 2.24) is 10.4 Å². The van der Waals surface area contributed by atoms with Crippen molar-refractivity contribution < 1.29 is 0 Å². The molecule has 1 atom stereocenters. The van der Waals surface area contributed by atoms with Gasteiger partial charge in [0.15, 0.2) is 0 Å². The van der Waals surface area contributed by atoms with Gasteiger partial charge in [0.25, 0.3) is 5.96 Å². The van der Waals surface area contributed by atoms with Crippen LogP contribution in [0.25, 0.3) is 0 Å². The molecule has 3 aromatic carbocycles. The Morgan fingerprint density at radius 3 is 2.13 bits per heavy atom. The van der Waals surface area contributed by atoms with Crippen molar-refractivity contribution in [3.8, 4) is 0 Å². The lowest BCUT2D eigenvalue weighted by molar-refractivity contribution is 0.181. The van der Waals surface area contributed by atoms with Gasteiger partial charge in [-0.05, 0) is 49.2 Å². The number of anilines is 1. The van der Waals surface area contributed by atoms with Crippen molar-refractivity contribution in [2.24, 2.45) is 15.2 Å². The molecule has 0 saturated carbocycles. The van der Waals surface area contributed by atoms with Crippen LogP contribution in [0, 0.1) is 0 Å². The van der Waals surface area contributed by atoms with E-state index < -0.39 is 0 Å². The number of nitrogens with zero attached hydrogens (tertiary/aromatic N) is 5. The maximum atomic E-state index is 4.79. The standard InChI is InChI=1S/C25H28N6/c1-3-30(4-2)23-17-15-22(16-18-23)27-28-25-26-24(21-13-9-6-10-14-21)31(29-25)19-20-11-7-5-8-12-20/h5-18,24H,3-4,19H2,1-2H3,(H,26,29)/t24-/m0/s1. The van der Waals surface area contributed by atoms with Crippen LogP contribution in [0.5, 0.6) is 0 Å². The number of hydrogen-bond acceptors (Lipinski definition) is 6. The Kier molecular flexibility index (Phi) is 6.69. The van der Waals surface area contributed by atoms with E-state index in [1.807, 2.05) is 48.5 Å². The third kappa shape index (κ3) is 5.16. The summed E-state index contributed by atoms with van der Waals surface area (Å²) >= 11 is 0. The highest BCUT2D eigenvalue weighted by molar-refractivity contribution is 5.81. The predicted molar refractivity (Wildman–Crippen MR) is 126 cm³/mol. The SMILES string of the molecule is CCN(CC)c1ccc(N=NC2=N[C@H](c3ccccc3)N(Cc3ccccc3)N2)cc1. The van der Waals surface area contributed by atoms with E-state index in [4.69, 9.17) is 4.99 Å². The van der Waals surface area contributed by atoms with Crippen LogP contribution in [0.1, 0.15) is 31.1 Å². The Labute approximate surface area is 183 Å². The third-order valence-corrected chi connectivity index (χ3v) is 5.32. The minimum atomic E-state index is -0.152. The van der Waals surface area contributed by atoms with Crippen LogP contribution in [0.2, 0.25) is 0 Å². The van der Waals surface area contributed by atoms with Gasteiger partial charge in [-0.25, -0.2) is 4.99 Å². The van der Waals surface area contributed by atoms with Crippen molar-refractivity contribution >= 4 is 17.3 Å². The summed E-state index contributed by atoms with van der Waals surface area (Å²) in [4.78, 5) is 7.09. The number of hydrogen-bond donors (Lipinski definition) is 1. The zero-order valence-electron chi connectivity index (χ0n) is 18.0. The molecule has 0 aliphatic carbocycles. The summed E-state index contributed by atoms with van der Waals surface area (Å²) in [6.07, 6.45) is -0.152. The number of nitrogens with one attached hydrogen (secondary N) is 1. The fraction of sp³-hybridized carbons (Fsp3) is 0.240. The number of guanidine groups is 1. The molecular weight excluding hydrogens is 384 g/mol. The quantitative estimate of drug-likeness (QED) is 0.507. The van der Waals surface area contributed by atoms with Crippen LogP contribution in [0.15, 0.2) is 100 Å². The van der Waals surface area contributed by atoms with Crippen LogP contribution in [-0.2, 0) is 6.54 Å². The molecular formula is C25H28N6.